The van der Waals surface area contributed by atoms with Gasteiger partial charge in [0.2, 0.25) is 0 Å². The fraction of sp³-hybridized carbons (Fsp3) is 1.00. The number of halogens is 17. The Morgan fingerprint density at radius 2 is 0.857 bits per heavy atom. The Morgan fingerprint density at radius 3 is 1.20 bits per heavy atom. The van der Waals surface area contributed by atoms with Crippen LogP contribution in [0.4, 0.5) is 74.6 Å². The first-order valence-electron chi connectivity index (χ1n) is 7.96. The van der Waals surface area contributed by atoms with Gasteiger partial charge in [-0.15, -0.1) is 0 Å². The van der Waals surface area contributed by atoms with E-state index in [9.17, 15) is 79.2 Å². The van der Waals surface area contributed by atoms with Gasteiger partial charge in [0, 0.05) is 6.42 Å². The van der Waals surface area contributed by atoms with E-state index in [0.717, 1.165) is 0 Å². The van der Waals surface area contributed by atoms with Crippen molar-refractivity contribution in [2.24, 2.45) is 0 Å². The van der Waals surface area contributed by atoms with E-state index in [-0.39, 0.29) is 0 Å². The summed E-state index contributed by atoms with van der Waals surface area (Å²) in [6, 6.07) is 0. The third-order valence-electron chi connectivity index (χ3n) is 3.80. The summed E-state index contributed by atoms with van der Waals surface area (Å²) in [6.07, 6.45) is -10.9. The van der Waals surface area contributed by atoms with Crippen molar-refractivity contribution in [1.29, 1.82) is 0 Å². The second-order valence-corrected chi connectivity index (χ2v) is 7.71. The van der Waals surface area contributed by atoms with Gasteiger partial charge in [-0.2, -0.15) is 74.6 Å². The van der Waals surface area contributed by atoms with Gasteiger partial charge in [0.15, 0.2) is 0 Å². The number of phosphoric acid groups is 1. The Labute approximate surface area is 181 Å². The molecule has 0 rings (SSSR count). The molecule has 0 aromatic carbocycles. The van der Waals surface area contributed by atoms with Crippen LogP contribution in [-0.2, 0) is 13.6 Å². The Balaban J connectivity index is 6.24. The van der Waals surface area contributed by atoms with Gasteiger partial charge in [0.05, 0.1) is 19.8 Å². The molecule has 212 valence electrons. The number of hydrogen-bond donors (Lipinski definition) is 2. The number of phosphoric ester groups is 1. The van der Waals surface area contributed by atoms with Crippen LogP contribution >= 0.6 is 7.82 Å². The van der Waals surface area contributed by atoms with E-state index in [2.05, 4.69) is 9.05 Å². The zero-order chi connectivity index (χ0) is 28.7. The van der Waals surface area contributed by atoms with E-state index >= 15 is 0 Å². The number of aliphatic hydroxyl groups is 1. The molecule has 0 fully saturated rings. The normalized spacial score (nSPS) is 17.5. The largest absolute Gasteiger partial charge is 0.472 e. The van der Waals surface area contributed by atoms with Gasteiger partial charge in [-0.25, -0.2) is 4.57 Å². The van der Waals surface area contributed by atoms with E-state index in [1.54, 1.807) is 0 Å². The zero-order valence-corrected chi connectivity index (χ0v) is 16.7. The maximum Gasteiger partial charge on any atom is 0.472 e. The molecule has 0 saturated carbocycles. The van der Waals surface area contributed by atoms with Crippen molar-refractivity contribution in [3.8, 4) is 0 Å². The molecule has 0 aliphatic rings. The summed E-state index contributed by atoms with van der Waals surface area (Å²) in [7, 11) is -5.49. The predicted octanol–water partition coefficient (Wildman–Crippen LogP) is 5.51. The summed E-state index contributed by atoms with van der Waals surface area (Å²) in [6.45, 7) is -4.41. The van der Waals surface area contributed by atoms with Gasteiger partial charge >= 0.3 is 55.5 Å². The third-order valence-corrected chi connectivity index (χ3v) is 4.82. The first-order valence-corrected chi connectivity index (χ1v) is 9.45. The van der Waals surface area contributed by atoms with Crippen LogP contribution in [-0.4, -0.2) is 77.5 Å². The van der Waals surface area contributed by atoms with E-state index in [1.165, 1.54) is 0 Å². The summed E-state index contributed by atoms with van der Waals surface area (Å²) in [5, 5.41) is 8.26. The van der Waals surface area contributed by atoms with Crippen molar-refractivity contribution in [2.45, 2.75) is 54.1 Å². The highest BCUT2D eigenvalue weighted by Gasteiger charge is 2.95. The molecule has 0 heterocycles. The van der Waals surface area contributed by atoms with Crippen LogP contribution in [0.2, 0.25) is 0 Å². The maximum absolute atomic E-state index is 13.5. The molecular weight excluding hydrogens is 578 g/mol. The average Bonchev–Trinajstić information content (AvgIpc) is 2.64. The van der Waals surface area contributed by atoms with Crippen LogP contribution in [0.15, 0.2) is 0 Å². The molecule has 35 heavy (non-hydrogen) atoms. The van der Waals surface area contributed by atoms with Crippen LogP contribution in [0.3, 0.4) is 0 Å². The van der Waals surface area contributed by atoms with Gasteiger partial charge in [0.25, 0.3) is 0 Å². The summed E-state index contributed by atoms with van der Waals surface area (Å²) >= 11 is 0. The Hall–Kier alpha value is -1.12. The second-order valence-electron chi connectivity index (χ2n) is 6.26. The van der Waals surface area contributed by atoms with Crippen LogP contribution in [0.25, 0.3) is 0 Å². The third kappa shape index (κ3) is 5.59. The lowest BCUT2D eigenvalue weighted by Gasteiger charge is -2.42. The van der Waals surface area contributed by atoms with Crippen molar-refractivity contribution < 1.29 is 98.2 Å². The summed E-state index contributed by atoms with van der Waals surface area (Å²) < 4.78 is 240. The maximum atomic E-state index is 13.5. The summed E-state index contributed by atoms with van der Waals surface area (Å²) in [4.78, 5) is 8.83. The second kappa shape index (κ2) is 9.64. The lowest BCUT2D eigenvalue weighted by Crippen LogP contribution is -2.74. The molecule has 23 heteroatoms. The molecule has 0 amide bonds. The molecule has 0 aromatic heterocycles. The number of hydrogen-bond acceptors (Lipinski definition) is 4. The van der Waals surface area contributed by atoms with Crippen molar-refractivity contribution in [3.05, 3.63) is 0 Å². The SMILES string of the molecule is O=P(O)(OCCO)OCCC(F)(F)C(F)(F)C(F)(F)C(F)(F)C(F)(F)C(F)(F)C(F)(F)C(F)(F)F. The van der Waals surface area contributed by atoms with Crippen molar-refractivity contribution in [3.63, 3.8) is 0 Å². The highest BCUT2D eigenvalue weighted by Crippen LogP contribution is 2.64. The Bertz CT molecular complexity index is 780. The average molecular weight is 588 g/mol. The molecule has 0 bridgehead atoms. The van der Waals surface area contributed by atoms with Crippen molar-refractivity contribution in [1.82, 2.24) is 0 Å². The molecule has 0 radical (unpaired) electrons. The molecule has 5 nitrogen and oxygen atoms in total. The van der Waals surface area contributed by atoms with Gasteiger partial charge in [-0.05, 0) is 0 Å². The topological polar surface area (TPSA) is 76.0 Å². The lowest BCUT2D eigenvalue weighted by molar-refractivity contribution is -0.461. The fourth-order valence-electron chi connectivity index (χ4n) is 1.84. The number of rotatable bonds is 13. The minimum absolute atomic E-state index is 1.03. The van der Waals surface area contributed by atoms with Gasteiger partial charge < -0.3 is 10.00 Å². The van der Waals surface area contributed by atoms with Crippen LogP contribution in [0.1, 0.15) is 6.42 Å². The minimum atomic E-state index is -8.74. The first-order chi connectivity index (χ1) is 15.0. The van der Waals surface area contributed by atoms with Crippen LogP contribution in [0, 0.1) is 0 Å². The number of alkyl halides is 17. The highest BCUT2D eigenvalue weighted by atomic mass is 31.2. The quantitative estimate of drug-likeness (QED) is 0.219. The number of aliphatic hydroxyl groups excluding tert-OH is 1. The van der Waals surface area contributed by atoms with Crippen LogP contribution < -0.4 is 0 Å². The van der Waals surface area contributed by atoms with Gasteiger partial charge in [-0.3, -0.25) is 9.05 Å². The van der Waals surface area contributed by atoms with Gasteiger partial charge in [-0.1, -0.05) is 0 Å². The smallest absolute Gasteiger partial charge is 0.394 e. The summed E-state index contributed by atoms with van der Waals surface area (Å²) in [5.41, 5.74) is 0. The molecular formula is C12H10F17O5P. The Morgan fingerprint density at radius 1 is 0.543 bits per heavy atom. The van der Waals surface area contributed by atoms with Gasteiger partial charge in [0.1, 0.15) is 0 Å². The highest BCUT2D eigenvalue weighted by molar-refractivity contribution is 7.47. The fourth-order valence-corrected chi connectivity index (χ4v) is 2.54. The van der Waals surface area contributed by atoms with Crippen molar-refractivity contribution >= 4 is 7.82 Å². The van der Waals surface area contributed by atoms with Crippen molar-refractivity contribution in [2.75, 3.05) is 19.8 Å². The van der Waals surface area contributed by atoms with E-state index < -0.39 is 81.7 Å². The molecule has 0 spiro atoms. The summed E-state index contributed by atoms with van der Waals surface area (Å²) in [5.74, 6) is -57.4. The molecule has 0 aliphatic heterocycles. The minimum Gasteiger partial charge on any atom is -0.394 e. The standard InChI is InChI=1S/C12H10F17O5P/c13-5(14,1-3-33-35(31,32)34-4-2-30)6(15,16)7(17,18)8(19,20)9(21,22)10(23,24)11(25,26)12(27,28)29/h30H,1-4H2,(H,31,32). The molecule has 1 atom stereocenters. The molecule has 0 aromatic rings. The van der Waals surface area contributed by atoms with E-state index in [1.807, 2.05) is 0 Å². The molecule has 0 aliphatic carbocycles. The van der Waals surface area contributed by atoms with Crippen LogP contribution in [0.5, 0.6) is 0 Å². The molecule has 0 saturated heterocycles. The molecule has 1 unspecified atom stereocenters. The van der Waals surface area contributed by atoms with E-state index in [0.29, 0.717) is 0 Å². The Kier molecular flexibility index (Phi) is 9.33. The monoisotopic (exact) mass is 588 g/mol. The predicted molar refractivity (Wildman–Crippen MR) is 74.1 cm³/mol. The lowest BCUT2D eigenvalue weighted by atomic mass is 9.88. The molecule has 2 N–H and O–H groups in total. The zero-order valence-electron chi connectivity index (χ0n) is 15.8. The van der Waals surface area contributed by atoms with E-state index in [4.69, 9.17) is 10.00 Å². The first kappa shape index (κ1) is 33.9.